The number of anilines is 1. The van der Waals surface area contributed by atoms with E-state index in [-0.39, 0.29) is 0 Å². The van der Waals surface area contributed by atoms with Crippen LogP contribution in [0.4, 0.5) is 5.69 Å². The van der Waals surface area contributed by atoms with Gasteiger partial charge in [0.2, 0.25) is 0 Å². The predicted octanol–water partition coefficient (Wildman–Crippen LogP) is 0.750. The number of nitrogens with two attached hydrogens (primary N) is 1. The summed E-state index contributed by atoms with van der Waals surface area (Å²) in [5.74, 6) is 0. The summed E-state index contributed by atoms with van der Waals surface area (Å²) in [6.07, 6.45) is 6.51. The van der Waals surface area contributed by atoms with Crippen molar-refractivity contribution >= 4 is 5.69 Å². The molecule has 0 unspecified atom stereocenters. The summed E-state index contributed by atoms with van der Waals surface area (Å²) in [6, 6.07) is 0. The van der Waals surface area contributed by atoms with Gasteiger partial charge >= 0.3 is 0 Å². The number of hydrogen-bond donors (Lipinski definition) is 1. The summed E-state index contributed by atoms with van der Waals surface area (Å²) >= 11 is 0. The minimum atomic E-state index is 0.751. The predicted molar refractivity (Wildman–Crippen MR) is 58.3 cm³/mol. The minimum absolute atomic E-state index is 0.751. The average Bonchev–Trinajstić information content (AvgIpc) is 2.74. The van der Waals surface area contributed by atoms with E-state index in [4.69, 9.17) is 5.73 Å². The molecule has 0 amide bonds. The van der Waals surface area contributed by atoms with Crippen molar-refractivity contribution in [1.82, 2.24) is 19.6 Å². The smallest absolute Gasteiger partial charge is 0.0730 e. The Morgan fingerprint density at radius 2 is 2.13 bits per heavy atom. The van der Waals surface area contributed by atoms with Crippen LogP contribution >= 0.6 is 0 Å². The Balaban J connectivity index is 2.02. The van der Waals surface area contributed by atoms with Crippen LogP contribution in [0.1, 0.15) is 11.3 Å². The molecule has 2 heterocycles. The summed E-state index contributed by atoms with van der Waals surface area (Å²) in [6.45, 7) is 2.82. The van der Waals surface area contributed by atoms with Crippen LogP contribution in [-0.2, 0) is 20.0 Å². The highest BCUT2D eigenvalue weighted by atomic mass is 15.3. The van der Waals surface area contributed by atoms with Crippen LogP contribution in [-0.4, -0.2) is 19.6 Å². The maximum absolute atomic E-state index is 5.71. The van der Waals surface area contributed by atoms with Gasteiger partial charge in [-0.05, 0) is 18.9 Å². The van der Waals surface area contributed by atoms with Crippen molar-refractivity contribution in [2.45, 2.75) is 19.9 Å². The maximum atomic E-state index is 5.71. The zero-order valence-corrected chi connectivity index (χ0v) is 9.01. The zero-order valence-electron chi connectivity index (χ0n) is 9.01. The largest absolute Gasteiger partial charge is 0.396 e. The number of rotatable bonds is 3. The molecule has 0 aromatic carbocycles. The van der Waals surface area contributed by atoms with Gasteiger partial charge in [0.05, 0.1) is 23.8 Å². The van der Waals surface area contributed by atoms with Crippen molar-refractivity contribution in [2.24, 2.45) is 7.05 Å². The lowest BCUT2D eigenvalue weighted by molar-refractivity contribution is 0.598. The van der Waals surface area contributed by atoms with Crippen LogP contribution in [0.25, 0.3) is 0 Å². The second kappa shape index (κ2) is 3.76. The molecule has 0 aliphatic heterocycles. The van der Waals surface area contributed by atoms with Crippen LogP contribution in [0.5, 0.6) is 0 Å². The molecule has 2 rings (SSSR count). The highest BCUT2D eigenvalue weighted by Crippen LogP contribution is 2.09. The Morgan fingerprint density at radius 3 is 2.67 bits per heavy atom. The van der Waals surface area contributed by atoms with Gasteiger partial charge in [-0.3, -0.25) is 9.36 Å². The fraction of sp³-hybridized carbons (Fsp3) is 0.400. The molecule has 0 aliphatic rings. The molecule has 0 spiro atoms. The molecule has 5 heteroatoms. The van der Waals surface area contributed by atoms with Gasteiger partial charge in [-0.1, -0.05) is 0 Å². The SMILES string of the molecule is Cc1c(N)cnn1CCc1cnn(C)c1. The first-order valence-corrected chi connectivity index (χ1v) is 4.92. The quantitative estimate of drug-likeness (QED) is 0.804. The molecule has 2 aromatic rings. The van der Waals surface area contributed by atoms with Crippen molar-refractivity contribution in [2.75, 3.05) is 5.73 Å². The monoisotopic (exact) mass is 205 g/mol. The molecule has 5 nitrogen and oxygen atoms in total. The van der Waals surface area contributed by atoms with Gasteiger partial charge in [0.1, 0.15) is 0 Å². The number of aryl methyl sites for hydroxylation is 3. The lowest BCUT2D eigenvalue weighted by atomic mass is 10.2. The van der Waals surface area contributed by atoms with Crippen LogP contribution in [0, 0.1) is 6.92 Å². The molecule has 0 radical (unpaired) electrons. The molecule has 0 saturated heterocycles. The number of nitrogen functional groups attached to an aromatic ring is 1. The molecule has 0 atom stereocenters. The Morgan fingerprint density at radius 1 is 1.33 bits per heavy atom. The van der Waals surface area contributed by atoms with Crippen LogP contribution in [0.15, 0.2) is 18.6 Å². The van der Waals surface area contributed by atoms with Crippen LogP contribution in [0.2, 0.25) is 0 Å². The third-order valence-corrected chi connectivity index (χ3v) is 2.51. The summed E-state index contributed by atoms with van der Waals surface area (Å²) in [4.78, 5) is 0. The van der Waals surface area contributed by atoms with Gasteiger partial charge in [0.25, 0.3) is 0 Å². The van der Waals surface area contributed by atoms with Gasteiger partial charge in [0.15, 0.2) is 0 Å². The molecular weight excluding hydrogens is 190 g/mol. The molecule has 0 fully saturated rings. The Kier molecular flexibility index (Phi) is 2.45. The van der Waals surface area contributed by atoms with E-state index >= 15 is 0 Å². The highest BCUT2D eigenvalue weighted by Gasteiger charge is 2.03. The average molecular weight is 205 g/mol. The van der Waals surface area contributed by atoms with E-state index in [1.165, 1.54) is 5.56 Å². The maximum Gasteiger partial charge on any atom is 0.0730 e. The molecule has 15 heavy (non-hydrogen) atoms. The first-order chi connectivity index (χ1) is 7.16. The van der Waals surface area contributed by atoms with Crippen molar-refractivity contribution in [1.29, 1.82) is 0 Å². The summed E-state index contributed by atoms with van der Waals surface area (Å²) < 4.78 is 3.72. The summed E-state index contributed by atoms with van der Waals surface area (Å²) in [7, 11) is 1.92. The molecule has 0 saturated carbocycles. The van der Waals surface area contributed by atoms with Gasteiger partial charge in [-0.25, -0.2) is 0 Å². The van der Waals surface area contributed by atoms with Crippen molar-refractivity contribution in [3.8, 4) is 0 Å². The van der Waals surface area contributed by atoms with Crippen LogP contribution < -0.4 is 5.73 Å². The second-order valence-electron chi connectivity index (χ2n) is 3.68. The minimum Gasteiger partial charge on any atom is -0.396 e. The van der Waals surface area contributed by atoms with E-state index in [9.17, 15) is 0 Å². The first kappa shape index (κ1) is 9.76. The molecule has 2 aromatic heterocycles. The van der Waals surface area contributed by atoms with E-state index in [0.29, 0.717) is 0 Å². The van der Waals surface area contributed by atoms with Gasteiger partial charge in [-0.2, -0.15) is 10.2 Å². The summed E-state index contributed by atoms with van der Waals surface area (Å²) in [5, 5.41) is 8.32. The lowest BCUT2D eigenvalue weighted by Gasteiger charge is -2.02. The summed E-state index contributed by atoms with van der Waals surface area (Å²) in [5.41, 5.74) is 8.71. The number of aromatic nitrogens is 4. The topological polar surface area (TPSA) is 61.7 Å². The van der Waals surface area contributed by atoms with E-state index in [2.05, 4.69) is 10.2 Å². The molecule has 2 N–H and O–H groups in total. The molecule has 0 aliphatic carbocycles. The van der Waals surface area contributed by atoms with Gasteiger partial charge in [0, 0.05) is 19.8 Å². The molecule has 80 valence electrons. The van der Waals surface area contributed by atoms with E-state index < -0.39 is 0 Å². The fourth-order valence-corrected chi connectivity index (χ4v) is 1.52. The fourth-order valence-electron chi connectivity index (χ4n) is 1.52. The third-order valence-electron chi connectivity index (χ3n) is 2.51. The van der Waals surface area contributed by atoms with Gasteiger partial charge in [-0.15, -0.1) is 0 Å². The Hall–Kier alpha value is -1.78. The number of nitrogens with zero attached hydrogens (tertiary/aromatic N) is 4. The van der Waals surface area contributed by atoms with Gasteiger partial charge < -0.3 is 5.73 Å². The Bertz CT molecular complexity index is 454. The molecular formula is C10H15N5. The normalized spacial score (nSPS) is 10.8. The standard InChI is InChI=1S/C10H15N5/c1-8-10(11)6-13-15(8)4-3-9-5-12-14(2)7-9/h5-7H,3-4,11H2,1-2H3. The number of hydrogen-bond acceptors (Lipinski definition) is 3. The Labute approximate surface area is 88.5 Å². The van der Waals surface area contributed by atoms with E-state index in [0.717, 1.165) is 24.3 Å². The zero-order chi connectivity index (χ0) is 10.8. The third kappa shape index (κ3) is 2.01. The van der Waals surface area contributed by atoms with E-state index in [1.54, 1.807) is 10.9 Å². The van der Waals surface area contributed by atoms with Crippen LogP contribution in [0.3, 0.4) is 0 Å². The van der Waals surface area contributed by atoms with E-state index in [1.807, 2.05) is 31.0 Å². The van der Waals surface area contributed by atoms with Crippen molar-refractivity contribution in [3.63, 3.8) is 0 Å². The highest BCUT2D eigenvalue weighted by molar-refractivity contribution is 5.39. The molecule has 0 bridgehead atoms. The van der Waals surface area contributed by atoms with Crippen molar-refractivity contribution in [3.05, 3.63) is 29.8 Å². The lowest BCUT2D eigenvalue weighted by Crippen LogP contribution is -2.05. The first-order valence-electron chi connectivity index (χ1n) is 4.92. The van der Waals surface area contributed by atoms with Crippen molar-refractivity contribution < 1.29 is 0 Å². The second-order valence-corrected chi connectivity index (χ2v) is 3.68.